The maximum absolute atomic E-state index is 11.8. The normalized spacial score (nSPS) is 10.4. The minimum atomic E-state index is -0.0448. The van der Waals surface area contributed by atoms with Crippen LogP contribution in [0.4, 0.5) is 11.4 Å². The Morgan fingerprint density at radius 3 is 2.67 bits per heavy atom. The maximum atomic E-state index is 11.8. The van der Waals surface area contributed by atoms with Gasteiger partial charge in [0.05, 0.1) is 6.54 Å². The van der Waals surface area contributed by atoms with E-state index in [1.165, 1.54) is 0 Å². The lowest BCUT2D eigenvalue weighted by atomic mass is 10.2. The van der Waals surface area contributed by atoms with E-state index in [0.717, 1.165) is 6.54 Å². The van der Waals surface area contributed by atoms with E-state index >= 15 is 0 Å². The fourth-order valence-corrected chi connectivity index (χ4v) is 1.93. The first-order valence-electron chi connectivity index (χ1n) is 7.13. The molecule has 0 unspecified atom stereocenters. The van der Waals surface area contributed by atoms with Gasteiger partial charge in [0.1, 0.15) is 0 Å². The zero-order valence-electron chi connectivity index (χ0n) is 12.7. The number of benzene rings is 1. The van der Waals surface area contributed by atoms with Crippen LogP contribution in [0.15, 0.2) is 24.3 Å². The zero-order valence-corrected chi connectivity index (χ0v) is 12.7. The third kappa shape index (κ3) is 6.76. The van der Waals surface area contributed by atoms with Gasteiger partial charge in [-0.2, -0.15) is 0 Å². The predicted octanol–water partition coefficient (Wildman–Crippen LogP) is 1.06. The predicted molar refractivity (Wildman–Crippen MR) is 84.9 cm³/mol. The van der Waals surface area contributed by atoms with Crippen molar-refractivity contribution in [1.29, 1.82) is 0 Å². The third-order valence-electron chi connectivity index (χ3n) is 3.14. The summed E-state index contributed by atoms with van der Waals surface area (Å²) in [6, 6.07) is 7.10. The summed E-state index contributed by atoms with van der Waals surface area (Å²) in [7, 11) is 1.62. The molecule has 1 rings (SSSR count). The van der Waals surface area contributed by atoms with Crippen LogP contribution < -0.4 is 16.4 Å². The molecule has 0 bridgehead atoms. The summed E-state index contributed by atoms with van der Waals surface area (Å²) >= 11 is 0. The van der Waals surface area contributed by atoms with Gasteiger partial charge in [-0.05, 0) is 37.7 Å². The van der Waals surface area contributed by atoms with Gasteiger partial charge in [-0.25, -0.2) is 0 Å². The fraction of sp³-hybridized carbons (Fsp3) is 0.467. The Hall–Kier alpha value is -2.08. The van der Waals surface area contributed by atoms with Gasteiger partial charge in [-0.15, -0.1) is 0 Å². The average Bonchev–Trinajstić information content (AvgIpc) is 2.45. The highest BCUT2D eigenvalue weighted by Crippen LogP contribution is 2.12. The van der Waals surface area contributed by atoms with Gasteiger partial charge >= 0.3 is 0 Å². The fourth-order valence-electron chi connectivity index (χ4n) is 1.93. The van der Waals surface area contributed by atoms with E-state index in [-0.39, 0.29) is 11.8 Å². The van der Waals surface area contributed by atoms with Crippen LogP contribution in [-0.2, 0) is 9.59 Å². The molecule has 6 heteroatoms. The molecule has 0 aliphatic rings. The van der Waals surface area contributed by atoms with E-state index in [9.17, 15) is 9.59 Å². The Balaban J connectivity index is 2.31. The lowest BCUT2D eigenvalue weighted by molar-refractivity contribution is -0.121. The minimum Gasteiger partial charge on any atom is -0.399 e. The SMILES string of the molecule is CCN(CCCC(=O)Nc1cccc(N)c1)CC(=O)NC. The highest BCUT2D eigenvalue weighted by atomic mass is 16.2. The molecule has 0 aliphatic heterocycles. The molecule has 0 heterocycles. The molecule has 1 aromatic rings. The molecular formula is C15H24N4O2. The quantitative estimate of drug-likeness (QED) is 0.625. The molecule has 0 aliphatic carbocycles. The van der Waals surface area contributed by atoms with Crippen molar-refractivity contribution >= 4 is 23.2 Å². The van der Waals surface area contributed by atoms with Gasteiger partial charge in [0.25, 0.3) is 0 Å². The highest BCUT2D eigenvalue weighted by molar-refractivity contribution is 5.91. The molecule has 0 atom stereocenters. The molecule has 0 aromatic heterocycles. The molecule has 0 radical (unpaired) electrons. The van der Waals surface area contributed by atoms with E-state index in [1.54, 1.807) is 31.3 Å². The van der Waals surface area contributed by atoms with Crippen molar-refractivity contribution in [3.05, 3.63) is 24.3 Å². The molecule has 21 heavy (non-hydrogen) atoms. The first kappa shape index (κ1) is 17.0. The van der Waals surface area contributed by atoms with Gasteiger partial charge in [-0.1, -0.05) is 13.0 Å². The Morgan fingerprint density at radius 2 is 2.05 bits per heavy atom. The van der Waals surface area contributed by atoms with E-state index in [1.807, 2.05) is 11.8 Å². The summed E-state index contributed by atoms with van der Waals surface area (Å²) in [5.74, 6) is -0.0577. The topological polar surface area (TPSA) is 87.5 Å². The minimum absolute atomic E-state index is 0.0129. The van der Waals surface area contributed by atoms with Gasteiger partial charge < -0.3 is 16.4 Å². The molecule has 4 N–H and O–H groups in total. The smallest absolute Gasteiger partial charge is 0.233 e. The van der Waals surface area contributed by atoms with Crippen LogP contribution in [0.25, 0.3) is 0 Å². The highest BCUT2D eigenvalue weighted by Gasteiger charge is 2.09. The second kappa shape index (κ2) is 8.97. The van der Waals surface area contributed by atoms with Crippen molar-refractivity contribution in [2.24, 2.45) is 0 Å². The number of nitrogen functional groups attached to an aromatic ring is 1. The molecule has 2 amide bonds. The lowest BCUT2D eigenvalue weighted by Crippen LogP contribution is -2.36. The van der Waals surface area contributed by atoms with Gasteiger partial charge in [-0.3, -0.25) is 14.5 Å². The van der Waals surface area contributed by atoms with E-state index in [4.69, 9.17) is 5.73 Å². The molecule has 116 valence electrons. The van der Waals surface area contributed by atoms with E-state index in [0.29, 0.717) is 37.3 Å². The van der Waals surface area contributed by atoms with Gasteiger partial charge in [0.2, 0.25) is 11.8 Å². The van der Waals surface area contributed by atoms with Gasteiger partial charge in [0, 0.05) is 24.8 Å². The number of nitrogens with zero attached hydrogens (tertiary/aromatic N) is 1. The monoisotopic (exact) mass is 292 g/mol. The molecule has 6 nitrogen and oxygen atoms in total. The maximum Gasteiger partial charge on any atom is 0.233 e. The Bertz CT molecular complexity index is 476. The van der Waals surface area contributed by atoms with Crippen LogP contribution in [-0.4, -0.2) is 43.4 Å². The second-order valence-corrected chi connectivity index (χ2v) is 4.82. The van der Waals surface area contributed by atoms with Crippen molar-refractivity contribution in [2.45, 2.75) is 19.8 Å². The largest absolute Gasteiger partial charge is 0.399 e. The van der Waals surface area contributed by atoms with E-state index < -0.39 is 0 Å². The molecule has 0 saturated carbocycles. The van der Waals surface area contributed by atoms with Crippen LogP contribution in [0.5, 0.6) is 0 Å². The standard InChI is InChI=1S/C15H24N4O2/c1-3-19(11-15(21)17-2)9-5-8-14(20)18-13-7-4-6-12(16)10-13/h4,6-7,10H,3,5,8-9,11,16H2,1-2H3,(H,17,21)(H,18,20). The van der Waals surface area contributed by atoms with Crippen LogP contribution in [0, 0.1) is 0 Å². The molecular weight excluding hydrogens is 268 g/mol. The zero-order chi connectivity index (χ0) is 15.7. The van der Waals surface area contributed by atoms with Crippen molar-refractivity contribution in [2.75, 3.05) is 37.7 Å². The lowest BCUT2D eigenvalue weighted by Gasteiger charge is -2.18. The van der Waals surface area contributed by atoms with E-state index in [2.05, 4.69) is 10.6 Å². The van der Waals surface area contributed by atoms with Crippen molar-refractivity contribution in [3.63, 3.8) is 0 Å². The summed E-state index contributed by atoms with van der Waals surface area (Å²) in [6.07, 6.45) is 1.12. The van der Waals surface area contributed by atoms with Gasteiger partial charge in [0.15, 0.2) is 0 Å². The van der Waals surface area contributed by atoms with Crippen LogP contribution in [0.2, 0.25) is 0 Å². The van der Waals surface area contributed by atoms with Crippen LogP contribution >= 0.6 is 0 Å². The summed E-state index contributed by atoms with van der Waals surface area (Å²) in [5.41, 5.74) is 6.98. The van der Waals surface area contributed by atoms with Crippen LogP contribution in [0.1, 0.15) is 19.8 Å². The number of carbonyl (C=O) groups is 2. The number of nitrogens with one attached hydrogen (secondary N) is 2. The molecule has 0 spiro atoms. The second-order valence-electron chi connectivity index (χ2n) is 4.82. The molecule has 1 aromatic carbocycles. The van der Waals surface area contributed by atoms with Crippen molar-refractivity contribution in [3.8, 4) is 0 Å². The number of nitrogens with two attached hydrogens (primary N) is 1. The van der Waals surface area contributed by atoms with Crippen molar-refractivity contribution < 1.29 is 9.59 Å². The summed E-state index contributed by atoms with van der Waals surface area (Å²) < 4.78 is 0. The number of carbonyl (C=O) groups excluding carboxylic acids is 2. The molecule has 0 fully saturated rings. The summed E-state index contributed by atoms with van der Waals surface area (Å²) in [5, 5.41) is 5.40. The number of hydrogen-bond acceptors (Lipinski definition) is 4. The number of hydrogen-bond donors (Lipinski definition) is 3. The first-order chi connectivity index (χ1) is 10.0. The Labute approximate surface area is 125 Å². The van der Waals surface area contributed by atoms with Crippen LogP contribution in [0.3, 0.4) is 0 Å². The first-order valence-corrected chi connectivity index (χ1v) is 7.13. The third-order valence-corrected chi connectivity index (χ3v) is 3.14. The summed E-state index contributed by atoms with van der Waals surface area (Å²) in [6.45, 7) is 3.86. The number of rotatable bonds is 8. The molecule has 0 saturated heterocycles. The summed E-state index contributed by atoms with van der Waals surface area (Å²) in [4.78, 5) is 25.1. The van der Waals surface area contributed by atoms with Crippen molar-refractivity contribution in [1.82, 2.24) is 10.2 Å². The number of anilines is 2. The Morgan fingerprint density at radius 1 is 1.29 bits per heavy atom. The Kier molecular flexibility index (Phi) is 7.25. The number of likely N-dealkylation sites (N-methyl/N-ethyl adjacent to an activating group) is 2. The average molecular weight is 292 g/mol. The number of amides is 2.